The Balaban J connectivity index is 3.41. The van der Waals surface area contributed by atoms with Crippen molar-refractivity contribution in [3.8, 4) is 5.75 Å². The summed E-state index contributed by atoms with van der Waals surface area (Å²) in [5, 5.41) is 10.3. The van der Waals surface area contributed by atoms with Crippen LogP contribution in [-0.4, -0.2) is 24.8 Å². The molecule has 0 aliphatic heterocycles. The first-order valence-corrected chi connectivity index (χ1v) is 7.02. The first kappa shape index (κ1) is 16.5. The third-order valence-electron chi connectivity index (χ3n) is 3.30. The van der Waals surface area contributed by atoms with Crippen LogP contribution >= 0.6 is 0 Å². The Bertz CT molecular complexity index is 466. The Morgan fingerprint density at radius 3 is 2.40 bits per heavy atom. The summed E-state index contributed by atoms with van der Waals surface area (Å²) in [6, 6.07) is 3.93. The second kappa shape index (κ2) is 7.29. The number of rotatable bonds is 6. The third kappa shape index (κ3) is 3.31. The number of carbonyl (C=O) groups excluding carboxylic acids is 1. The van der Waals surface area contributed by atoms with Crippen molar-refractivity contribution in [2.24, 2.45) is 0 Å². The third-order valence-corrected chi connectivity index (χ3v) is 3.30. The minimum Gasteiger partial charge on any atom is -0.496 e. The van der Waals surface area contributed by atoms with Crippen LogP contribution in [0.2, 0.25) is 0 Å². The highest BCUT2D eigenvalue weighted by Gasteiger charge is 2.28. The molecular formula is C16H24O4. The monoisotopic (exact) mass is 280 g/mol. The molecule has 4 heteroatoms. The van der Waals surface area contributed by atoms with Gasteiger partial charge in [-0.15, -0.1) is 0 Å². The Morgan fingerprint density at radius 2 is 1.95 bits per heavy atom. The summed E-state index contributed by atoms with van der Waals surface area (Å²) < 4.78 is 10.4. The van der Waals surface area contributed by atoms with Crippen LogP contribution in [0.5, 0.6) is 5.75 Å². The second-order valence-corrected chi connectivity index (χ2v) is 4.92. The van der Waals surface area contributed by atoms with Gasteiger partial charge in [0.1, 0.15) is 5.75 Å². The van der Waals surface area contributed by atoms with E-state index in [1.54, 1.807) is 14.0 Å². The molecule has 0 fully saturated rings. The summed E-state index contributed by atoms with van der Waals surface area (Å²) >= 11 is 0. The average Bonchev–Trinajstić information content (AvgIpc) is 2.44. The molecule has 1 atom stereocenters. The van der Waals surface area contributed by atoms with Gasteiger partial charge in [0, 0.05) is 5.56 Å². The van der Waals surface area contributed by atoms with E-state index in [2.05, 4.69) is 0 Å². The fourth-order valence-corrected chi connectivity index (χ4v) is 2.30. The Kier molecular flexibility index (Phi) is 6.02. The zero-order valence-electron chi connectivity index (χ0n) is 12.9. The van der Waals surface area contributed by atoms with Gasteiger partial charge in [-0.25, -0.2) is 4.79 Å². The maximum Gasteiger partial charge on any atom is 0.339 e. The molecule has 4 nitrogen and oxygen atoms in total. The minimum absolute atomic E-state index is 0.175. The van der Waals surface area contributed by atoms with Crippen LogP contribution in [0.4, 0.5) is 0 Å². The number of benzene rings is 1. The summed E-state index contributed by atoms with van der Waals surface area (Å²) in [5.74, 6) is 0.120. The standard InChI is InChI=1S/C16H24O4/c1-6-11-8-9-12(10(3)4)13(15(11)19-5)14(17)16(18)20-7-2/h8-10,14,17H,6-7H2,1-5H3. The van der Waals surface area contributed by atoms with Gasteiger partial charge >= 0.3 is 5.97 Å². The van der Waals surface area contributed by atoms with Crippen molar-refractivity contribution in [2.45, 2.75) is 46.1 Å². The summed E-state index contributed by atoms with van der Waals surface area (Å²) in [4.78, 5) is 11.9. The lowest BCUT2D eigenvalue weighted by atomic mass is 9.90. The number of esters is 1. The van der Waals surface area contributed by atoms with E-state index in [1.165, 1.54) is 0 Å². The Hall–Kier alpha value is -1.55. The van der Waals surface area contributed by atoms with E-state index in [9.17, 15) is 9.90 Å². The fourth-order valence-electron chi connectivity index (χ4n) is 2.30. The van der Waals surface area contributed by atoms with Gasteiger partial charge in [0.25, 0.3) is 0 Å². The SMILES string of the molecule is CCOC(=O)C(O)c1c(C(C)C)ccc(CC)c1OC. The van der Waals surface area contributed by atoms with Crippen LogP contribution in [0.15, 0.2) is 12.1 Å². The normalized spacial score (nSPS) is 12.3. The number of methoxy groups -OCH3 is 1. The van der Waals surface area contributed by atoms with Gasteiger partial charge in [0.05, 0.1) is 13.7 Å². The molecule has 0 aliphatic carbocycles. The molecule has 1 rings (SSSR count). The van der Waals surface area contributed by atoms with Crippen LogP contribution in [0, 0.1) is 0 Å². The molecule has 0 bridgehead atoms. The molecular weight excluding hydrogens is 256 g/mol. The molecule has 112 valence electrons. The molecule has 1 aromatic carbocycles. The fraction of sp³-hybridized carbons (Fsp3) is 0.562. The first-order valence-electron chi connectivity index (χ1n) is 7.02. The van der Waals surface area contributed by atoms with Crippen molar-refractivity contribution in [1.29, 1.82) is 0 Å². The van der Waals surface area contributed by atoms with Crippen molar-refractivity contribution < 1.29 is 19.4 Å². The Morgan fingerprint density at radius 1 is 1.30 bits per heavy atom. The molecule has 0 radical (unpaired) electrons. The Labute approximate surface area is 120 Å². The molecule has 0 saturated heterocycles. The van der Waals surface area contributed by atoms with Crippen molar-refractivity contribution in [1.82, 2.24) is 0 Å². The lowest BCUT2D eigenvalue weighted by molar-refractivity contribution is -0.153. The number of ether oxygens (including phenoxy) is 2. The lowest BCUT2D eigenvalue weighted by Crippen LogP contribution is -2.19. The number of carbonyl (C=O) groups is 1. The molecule has 0 aliphatic rings. The largest absolute Gasteiger partial charge is 0.496 e. The molecule has 20 heavy (non-hydrogen) atoms. The summed E-state index contributed by atoms with van der Waals surface area (Å²) in [6.45, 7) is 7.99. The van der Waals surface area contributed by atoms with Gasteiger partial charge in [-0.05, 0) is 30.4 Å². The van der Waals surface area contributed by atoms with E-state index in [4.69, 9.17) is 9.47 Å². The average molecular weight is 280 g/mol. The van der Waals surface area contributed by atoms with Crippen LogP contribution in [0.3, 0.4) is 0 Å². The van der Waals surface area contributed by atoms with E-state index < -0.39 is 12.1 Å². The lowest BCUT2D eigenvalue weighted by Gasteiger charge is -2.22. The van der Waals surface area contributed by atoms with Crippen molar-refractivity contribution in [3.05, 3.63) is 28.8 Å². The van der Waals surface area contributed by atoms with E-state index in [0.717, 1.165) is 17.5 Å². The zero-order valence-corrected chi connectivity index (χ0v) is 12.9. The molecule has 0 spiro atoms. The van der Waals surface area contributed by atoms with Crippen LogP contribution < -0.4 is 4.74 Å². The summed E-state index contributed by atoms with van der Waals surface area (Å²) in [6.07, 6.45) is -0.543. The second-order valence-electron chi connectivity index (χ2n) is 4.92. The van der Waals surface area contributed by atoms with Crippen LogP contribution in [-0.2, 0) is 16.0 Å². The highest BCUT2D eigenvalue weighted by Crippen LogP contribution is 2.36. The first-order chi connectivity index (χ1) is 9.47. The van der Waals surface area contributed by atoms with Gasteiger partial charge in [-0.1, -0.05) is 32.9 Å². The molecule has 0 aromatic heterocycles. The molecule has 1 N–H and O–H groups in total. The van der Waals surface area contributed by atoms with Crippen molar-refractivity contribution >= 4 is 5.97 Å². The van der Waals surface area contributed by atoms with E-state index in [1.807, 2.05) is 32.9 Å². The quantitative estimate of drug-likeness (QED) is 0.814. The molecule has 0 saturated carbocycles. The smallest absolute Gasteiger partial charge is 0.339 e. The molecule has 1 aromatic rings. The predicted octanol–water partition coefficient (Wildman–Crippen LogP) is 2.98. The number of hydrogen-bond donors (Lipinski definition) is 1. The number of aliphatic hydroxyl groups is 1. The summed E-state index contributed by atoms with van der Waals surface area (Å²) in [5.41, 5.74) is 2.40. The number of aliphatic hydroxyl groups excluding tert-OH is 1. The molecule has 0 amide bonds. The van der Waals surface area contributed by atoms with Gasteiger partial charge < -0.3 is 14.6 Å². The zero-order chi connectivity index (χ0) is 15.3. The van der Waals surface area contributed by atoms with E-state index in [-0.39, 0.29) is 12.5 Å². The maximum atomic E-state index is 11.9. The van der Waals surface area contributed by atoms with Crippen molar-refractivity contribution in [2.75, 3.05) is 13.7 Å². The highest BCUT2D eigenvalue weighted by molar-refractivity contribution is 5.78. The van der Waals surface area contributed by atoms with Gasteiger partial charge in [0.15, 0.2) is 6.10 Å². The van der Waals surface area contributed by atoms with Crippen LogP contribution in [0.25, 0.3) is 0 Å². The topological polar surface area (TPSA) is 55.8 Å². The minimum atomic E-state index is -1.31. The van der Waals surface area contributed by atoms with Gasteiger partial charge in [0.2, 0.25) is 0 Å². The molecule has 1 unspecified atom stereocenters. The van der Waals surface area contributed by atoms with Gasteiger partial charge in [-0.3, -0.25) is 0 Å². The maximum absolute atomic E-state index is 11.9. The summed E-state index contributed by atoms with van der Waals surface area (Å²) in [7, 11) is 1.56. The number of aryl methyl sites for hydroxylation is 1. The van der Waals surface area contributed by atoms with E-state index in [0.29, 0.717) is 11.3 Å². The molecule has 0 heterocycles. The van der Waals surface area contributed by atoms with Gasteiger partial charge in [-0.2, -0.15) is 0 Å². The van der Waals surface area contributed by atoms with E-state index >= 15 is 0 Å². The van der Waals surface area contributed by atoms with Crippen LogP contribution in [0.1, 0.15) is 56.4 Å². The van der Waals surface area contributed by atoms with Crippen molar-refractivity contribution in [3.63, 3.8) is 0 Å². The predicted molar refractivity (Wildman–Crippen MR) is 78.1 cm³/mol. The number of hydrogen-bond acceptors (Lipinski definition) is 4. The highest BCUT2D eigenvalue weighted by atomic mass is 16.5.